The Kier molecular flexibility index (Phi) is 6.01. The fourth-order valence-corrected chi connectivity index (χ4v) is 4.31. The number of hydrogen-bond acceptors (Lipinski definition) is 6. The van der Waals surface area contributed by atoms with Gasteiger partial charge in [-0.05, 0) is 31.2 Å². The van der Waals surface area contributed by atoms with Crippen LogP contribution in [-0.4, -0.2) is 70.2 Å². The van der Waals surface area contributed by atoms with Crippen LogP contribution in [0.5, 0.6) is 0 Å². The Morgan fingerprint density at radius 3 is 2.46 bits per heavy atom. The van der Waals surface area contributed by atoms with Crippen molar-refractivity contribution in [2.45, 2.75) is 19.3 Å². The summed E-state index contributed by atoms with van der Waals surface area (Å²) in [6.45, 7) is 1.01. The Balaban J connectivity index is 1.61. The zero-order chi connectivity index (χ0) is 20.3. The summed E-state index contributed by atoms with van der Waals surface area (Å²) in [6, 6.07) is 1.51. The lowest BCUT2D eigenvalue weighted by Gasteiger charge is -2.32. The highest BCUT2D eigenvalue weighted by Gasteiger charge is 2.29. The van der Waals surface area contributed by atoms with Crippen LogP contribution in [0.3, 0.4) is 0 Å². The molecule has 28 heavy (non-hydrogen) atoms. The maximum Gasteiger partial charge on any atom is 0.337 e. The molecule has 0 unspecified atom stereocenters. The lowest BCUT2D eigenvalue weighted by atomic mass is 9.93. The van der Waals surface area contributed by atoms with Crippen molar-refractivity contribution in [2.24, 2.45) is 5.92 Å². The molecule has 0 amide bonds. The lowest BCUT2D eigenvalue weighted by Crippen LogP contribution is -2.44. The predicted molar refractivity (Wildman–Crippen MR) is 103 cm³/mol. The van der Waals surface area contributed by atoms with Crippen molar-refractivity contribution >= 4 is 16.2 Å². The van der Waals surface area contributed by atoms with Crippen molar-refractivity contribution in [3.8, 4) is 11.3 Å². The second-order valence-electron chi connectivity index (χ2n) is 7.00. The Morgan fingerprint density at radius 1 is 1.18 bits per heavy atom. The molecule has 0 aliphatic carbocycles. The number of aromatic nitrogens is 3. The molecular formula is C18H23N5O4S. The van der Waals surface area contributed by atoms with Gasteiger partial charge in [-0.2, -0.15) is 17.0 Å². The Morgan fingerprint density at radius 2 is 1.89 bits per heavy atom. The molecule has 10 heteroatoms. The van der Waals surface area contributed by atoms with Crippen LogP contribution in [0, 0.1) is 5.92 Å². The van der Waals surface area contributed by atoms with Gasteiger partial charge in [0.2, 0.25) is 0 Å². The molecule has 1 fully saturated rings. The van der Waals surface area contributed by atoms with Crippen molar-refractivity contribution in [3.05, 3.63) is 42.1 Å². The van der Waals surface area contributed by atoms with Crippen LogP contribution in [0.25, 0.3) is 11.3 Å². The average molecular weight is 405 g/mol. The molecule has 0 aromatic carbocycles. The van der Waals surface area contributed by atoms with Gasteiger partial charge in [0.15, 0.2) is 0 Å². The second kappa shape index (κ2) is 8.29. The molecule has 2 aromatic rings. The van der Waals surface area contributed by atoms with E-state index in [2.05, 4.69) is 15.0 Å². The van der Waals surface area contributed by atoms with Gasteiger partial charge in [-0.25, -0.2) is 4.79 Å². The summed E-state index contributed by atoms with van der Waals surface area (Å²) in [5.41, 5.74) is 2.09. The third kappa shape index (κ3) is 4.51. The van der Waals surface area contributed by atoms with E-state index in [4.69, 9.17) is 5.11 Å². The Bertz CT molecular complexity index is 939. The average Bonchev–Trinajstić information content (AvgIpc) is 2.69. The fraction of sp³-hybridized carbons (Fsp3) is 0.444. The monoisotopic (exact) mass is 405 g/mol. The van der Waals surface area contributed by atoms with Crippen molar-refractivity contribution < 1.29 is 18.3 Å². The van der Waals surface area contributed by atoms with Gasteiger partial charge in [0.1, 0.15) is 0 Å². The minimum atomic E-state index is -3.35. The minimum absolute atomic E-state index is 0.0998. The first-order valence-corrected chi connectivity index (χ1v) is 10.3. The molecule has 0 saturated carbocycles. The highest BCUT2D eigenvalue weighted by atomic mass is 32.2. The summed E-state index contributed by atoms with van der Waals surface area (Å²) in [6.07, 6.45) is 8.43. The van der Waals surface area contributed by atoms with Gasteiger partial charge in [0.25, 0.3) is 10.2 Å². The smallest absolute Gasteiger partial charge is 0.337 e. The van der Waals surface area contributed by atoms with Gasteiger partial charge in [-0.15, -0.1) is 0 Å². The summed E-state index contributed by atoms with van der Waals surface area (Å²) < 4.78 is 27.1. The molecule has 1 saturated heterocycles. The van der Waals surface area contributed by atoms with E-state index in [0.29, 0.717) is 30.3 Å². The van der Waals surface area contributed by atoms with Crippen LogP contribution in [0.15, 0.2) is 30.9 Å². The first kappa shape index (κ1) is 20.3. The van der Waals surface area contributed by atoms with Crippen LogP contribution >= 0.6 is 0 Å². The van der Waals surface area contributed by atoms with Gasteiger partial charge in [0.05, 0.1) is 23.1 Å². The van der Waals surface area contributed by atoms with Crippen LogP contribution in [0.4, 0.5) is 0 Å². The van der Waals surface area contributed by atoms with Gasteiger partial charge >= 0.3 is 5.97 Å². The van der Waals surface area contributed by atoms with E-state index >= 15 is 0 Å². The number of aromatic carboxylic acids is 1. The van der Waals surface area contributed by atoms with Crippen molar-refractivity contribution in [1.29, 1.82) is 0 Å². The second-order valence-corrected chi connectivity index (χ2v) is 9.14. The van der Waals surface area contributed by atoms with E-state index < -0.39 is 16.2 Å². The number of carboxylic acid groups (broad SMARTS) is 1. The maximum absolute atomic E-state index is 12.2. The quantitative estimate of drug-likeness (QED) is 0.770. The van der Waals surface area contributed by atoms with Gasteiger partial charge in [-0.3, -0.25) is 15.0 Å². The molecule has 9 nitrogen and oxygen atoms in total. The highest BCUT2D eigenvalue weighted by molar-refractivity contribution is 7.86. The number of hydrogen-bond donors (Lipinski definition) is 1. The van der Waals surface area contributed by atoms with Gasteiger partial charge in [-0.1, -0.05) is 0 Å². The maximum atomic E-state index is 12.2. The minimum Gasteiger partial charge on any atom is -0.478 e. The molecule has 150 valence electrons. The standard InChI is InChI=1S/C18H23N5O4S/c1-22(2)28(26,27)23-5-3-13(4-6-23)7-16-11-21-17(12-20-16)14-8-15(18(24)25)10-19-9-14/h8-13H,3-7H2,1-2H3,(H,24,25). The fourth-order valence-electron chi connectivity index (χ4n) is 3.18. The molecule has 0 spiro atoms. The van der Waals surface area contributed by atoms with Gasteiger partial charge < -0.3 is 5.11 Å². The van der Waals surface area contributed by atoms with Gasteiger partial charge in [0, 0.05) is 51.3 Å². The number of carbonyl (C=O) groups is 1. The van der Waals surface area contributed by atoms with Crippen LogP contribution < -0.4 is 0 Å². The molecule has 3 rings (SSSR count). The molecule has 0 radical (unpaired) electrons. The van der Waals surface area contributed by atoms with Crippen molar-refractivity contribution in [1.82, 2.24) is 23.6 Å². The van der Waals surface area contributed by atoms with Crippen LogP contribution in [-0.2, 0) is 16.6 Å². The van der Waals surface area contributed by atoms with E-state index in [9.17, 15) is 13.2 Å². The number of piperidine rings is 1. The molecule has 1 aliphatic heterocycles. The molecule has 0 atom stereocenters. The summed E-state index contributed by atoms with van der Waals surface area (Å²) in [7, 11) is -0.267. The summed E-state index contributed by atoms with van der Waals surface area (Å²) in [5.74, 6) is -0.688. The zero-order valence-corrected chi connectivity index (χ0v) is 16.6. The normalized spacial score (nSPS) is 16.4. The number of pyridine rings is 1. The van der Waals surface area contributed by atoms with E-state index in [0.717, 1.165) is 25.0 Å². The first-order chi connectivity index (χ1) is 13.3. The predicted octanol–water partition coefficient (Wildman–Crippen LogP) is 1.30. The molecule has 0 bridgehead atoms. The zero-order valence-electron chi connectivity index (χ0n) is 15.8. The lowest BCUT2D eigenvalue weighted by molar-refractivity contribution is 0.0696. The Labute approximate surface area is 164 Å². The van der Waals surface area contributed by atoms with E-state index in [1.807, 2.05) is 0 Å². The topological polar surface area (TPSA) is 117 Å². The van der Waals surface area contributed by atoms with E-state index in [-0.39, 0.29) is 5.56 Å². The van der Waals surface area contributed by atoms with Crippen LogP contribution in [0.2, 0.25) is 0 Å². The summed E-state index contributed by atoms with van der Waals surface area (Å²) >= 11 is 0. The number of carboxylic acids is 1. The third-order valence-corrected chi connectivity index (χ3v) is 6.79. The first-order valence-electron chi connectivity index (χ1n) is 8.94. The highest BCUT2D eigenvalue weighted by Crippen LogP contribution is 2.24. The number of rotatable bonds is 6. The third-order valence-electron chi connectivity index (χ3n) is 4.85. The number of nitrogens with zero attached hydrogens (tertiary/aromatic N) is 5. The van der Waals surface area contributed by atoms with E-state index in [1.165, 1.54) is 20.9 Å². The van der Waals surface area contributed by atoms with Crippen molar-refractivity contribution in [2.75, 3.05) is 27.2 Å². The molecular weight excluding hydrogens is 382 g/mol. The SMILES string of the molecule is CN(C)S(=O)(=O)N1CCC(Cc2cnc(-c3cncc(C(=O)O)c3)cn2)CC1. The van der Waals surface area contributed by atoms with E-state index in [1.54, 1.807) is 32.7 Å². The molecule has 1 aliphatic rings. The van der Waals surface area contributed by atoms with Crippen LogP contribution in [0.1, 0.15) is 28.9 Å². The molecule has 2 aromatic heterocycles. The summed E-state index contributed by atoms with van der Waals surface area (Å²) in [4.78, 5) is 23.8. The largest absolute Gasteiger partial charge is 0.478 e. The summed E-state index contributed by atoms with van der Waals surface area (Å²) in [5, 5.41) is 9.06. The Hall–Kier alpha value is -2.43. The molecule has 1 N–H and O–H groups in total. The molecule has 3 heterocycles. The van der Waals surface area contributed by atoms with Crippen molar-refractivity contribution in [3.63, 3.8) is 0 Å².